The number of ether oxygens (including phenoxy) is 3. The first kappa shape index (κ1) is 20.6. The van der Waals surface area contributed by atoms with Crippen molar-refractivity contribution in [1.29, 1.82) is 5.26 Å². The summed E-state index contributed by atoms with van der Waals surface area (Å²) in [7, 11) is 3.11. The van der Waals surface area contributed by atoms with E-state index in [1.807, 2.05) is 18.2 Å². The number of hydrogen-bond acceptors (Lipinski definition) is 6. The molecular weight excluding hydrogens is 362 g/mol. The third kappa shape index (κ3) is 6.53. The van der Waals surface area contributed by atoms with E-state index in [0.717, 1.165) is 5.56 Å². The zero-order valence-electron chi connectivity index (χ0n) is 15.7. The zero-order valence-corrected chi connectivity index (χ0v) is 15.7. The Balaban J connectivity index is 1.73. The molecule has 8 heteroatoms. The van der Waals surface area contributed by atoms with Crippen molar-refractivity contribution < 1.29 is 23.8 Å². The van der Waals surface area contributed by atoms with Gasteiger partial charge in [-0.2, -0.15) is 5.26 Å². The molecule has 146 valence electrons. The molecule has 0 unspecified atom stereocenters. The summed E-state index contributed by atoms with van der Waals surface area (Å²) in [6.45, 7) is -0.265. The van der Waals surface area contributed by atoms with Crippen molar-refractivity contribution in [3.05, 3.63) is 53.6 Å². The van der Waals surface area contributed by atoms with Crippen LogP contribution >= 0.6 is 0 Å². The Hall–Kier alpha value is -3.73. The van der Waals surface area contributed by atoms with Crippen LogP contribution in [0.25, 0.3) is 0 Å². The van der Waals surface area contributed by atoms with Gasteiger partial charge in [0.1, 0.15) is 17.2 Å². The smallest absolute Gasteiger partial charge is 0.276 e. The second-order valence-electron chi connectivity index (χ2n) is 5.74. The molecule has 0 aliphatic carbocycles. The summed E-state index contributed by atoms with van der Waals surface area (Å²) >= 11 is 0. The van der Waals surface area contributed by atoms with Crippen LogP contribution in [0, 0.1) is 11.3 Å². The molecule has 0 spiro atoms. The third-order valence-corrected chi connectivity index (χ3v) is 3.75. The first-order valence-corrected chi connectivity index (χ1v) is 8.46. The Morgan fingerprint density at radius 3 is 2.11 bits per heavy atom. The molecule has 0 fully saturated rings. The first-order chi connectivity index (χ1) is 13.5. The maximum atomic E-state index is 11.9. The van der Waals surface area contributed by atoms with Gasteiger partial charge in [0.05, 0.1) is 25.9 Å². The molecule has 2 aromatic carbocycles. The number of amides is 2. The maximum absolute atomic E-state index is 11.9. The fourth-order valence-electron chi connectivity index (χ4n) is 2.28. The van der Waals surface area contributed by atoms with E-state index in [9.17, 15) is 9.59 Å². The SMILES string of the molecule is COc1cc(CCC(=O)NNC(=O)COc2ccc(C#N)cc2)cc(OC)c1. The Kier molecular flexibility index (Phi) is 7.66. The normalized spacial score (nSPS) is 9.75. The van der Waals surface area contributed by atoms with Crippen LogP contribution in [-0.4, -0.2) is 32.6 Å². The van der Waals surface area contributed by atoms with Crippen molar-refractivity contribution in [1.82, 2.24) is 10.9 Å². The molecule has 0 saturated heterocycles. The Labute approximate surface area is 163 Å². The number of nitriles is 1. The number of nitrogens with zero attached hydrogens (tertiary/aromatic N) is 1. The van der Waals surface area contributed by atoms with E-state index in [2.05, 4.69) is 10.9 Å². The maximum Gasteiger partial charge on any atom is 0.276 e. The quantitative estimate of drug-likeness (QED) is 0.672. The minimum atomic E-state index is -0.499. The highest BCUT2D eigenvalue weighted by molar-refractivity contribution is 5.82. The Morgan fingerprint density at radius 2 is 1.54 bits per heavy atom. The molecule has 0 aliphatic heterocycles. The summed E-state index contributed by atoms with van der Waals surface area (Å²) in [6.07, 6.45) is 0.629. The van der Waals surface area contributed by atoms with Gasteiger partial charge in [0.15, 0.2) is 6.61 Å². The number of benzene rings is 2. The summed E-state index contributed by atoms with van der Waals surface area (Å²) in [5.41, 5.74) is 6.01. The lowest BCUT2D eigenvalue weighted by Crippen LogP contribution is -2.43. The average molecular weight is 383 g/mol. The number of hydrogen-bond donors (Lipinski definition) is 2. The molecule has 2 N–H and O–H groups in total. The molecule has 0 aliphatic rings. The van der Waals surface area contributed by atoms with E-state index in [1.165, 1.54) is 0 Å². The number of nitrogens with one attached hydrogen (secondary N) is 2. The Morgan fingerprint density at radius 1 is 0.929 bits per heavy atom. The van der Waals surface area contributed by atoms with Gasteiger partial charge in [-0.1, -0.05) is 0 Å². The summed E-state index contributed by atoms with van der Waals surface area (Å²) < 4.78 is 15.7. The van der Waals surface area contributed by atoms with Crippen LogP contribution in [-0.2, 0) is 16.0 Å². The highest BCUT2D eigenvalue weighted by atomic mass is 16.5. The van der Waals surface area contributed by atoms with Crippen molar-refractivity contribution >= 4 is 11.8 Å². The number of methoxy groups -OCH3 is 2. The van der Waals surface area contributed by atoms with Gasteiger partial charge in [0, 0.05) is 12.5 Å². The Bertz CT molecular complexity index is 837. The number of hydrazine groups is 1. The molecular formula is C20H21N3O5. The van der Waals surface area contributed by atoms with Gasteiger partial charge in [-0.15, -0.1) is 0 Å². The molecule has 2 rings (SSSR count). The van der Waals surface area contributed by atoms with Crippen LogP contribution < -0.4 is 25.1 Å². The van der Waals surface area contributed by atoms with Crippen molar-refractivity contribution in [2.75, 3.05) is 20.8 Å². The highest BCUT2D eigenvalue weighted by Crippen LogP contribution is 2.23. The molecule has 0 saturated carbocycles. The molecule has 28 heavy (non-hydrogen) atoms. The molecule has 8 nitrogen and oxygen atoms in total. The van der Waals surface area contributed by atoms with Gasteiger partial charge in [-0.3, -0.25) is 20.4 Å². The standard InChI is InChI=1S/C20H21N3O5/c1-26-17-9-15(10-18(11-17)27-2)5-8-19(24)22-23-20(25)13-28-16-6-3-14(12-21)4-7-16/h3-4,6-7,9-11H,5,8,13H2,1-2H3,(H,22,24)(H,23,25). The van der Waals surface area contributed by atoms with Crippen LogP contribution in [0.3, 0.4) is 0 Å². The molecule has 0 aromatic heterocycles. The minimum Gasteiger partial charge on any atom is -0.497 e. The fourth-order valence-corrected chi connectivity index (χ4v) is 2.28. The van der Waals surface area contributed by atoms with Crippen LogP contribution in [0.15, 0.2) is 42.5 Å². The van der Waals surface area contributed by atoms with Crippen LogP contribution in [0.5, 0.6) is 17.2 Å². The summed E-state index contributed by atoms with van der Waals surface area (Å²) in [5, 5.41) is 8.73. The van der Waals surface area contributed by atoms with Crippen molar-refractivity contribution in [3.8, 4) is 23.3 Å². The first-order valence-electron chi connectivity index (χ1n) is 8.46. The van der Waals surface area contributed by atoms with Crippen LogP contribution in [0.4, 0.5) is 0 Å². The molecule has 0 heterocycles. The topological polar surface area (TPSA) is 110 Å². The molecule has 0 atom stereocenters. The van der Waals surface area contributed by atoms with Gasteiger partial charge in [-0.25, -0.2) is 0 Å². The summed E-state index contributed by atoms with van der Waals surface area (Å²) in [5.74, 6) is 0.896. The van der Waals surface area contributed by atoms with Gasteiger partial charge < -0.3 is 14.2 Å². The van der Waals surface area contributed by atoms with Gasteiger partial charge in [0.25, 0.3) is 5.91 Å². The number of rotatable bonds is 8. The van der Waals surface area contributed by atoms with Gasteiger partial charge in [-0.05, 0) is 48.4 Å². The second-order valence-corrected chi connectivity index (χ2v) is 5.74. The van der Waals surface area contributed by atoms with Gasteiger partial charge in [0.2, 0.25) is 5.91 Å². The summed E-state index contributed by atoms with van der Waals surface area (Å²) in [6, 6.07) is 13.7. The van der Waals surface area contributed by atoms with Crippen LogP contribution in [0.1, 0.15) is 17.5 Å². The molecule has 0 radical (unpaired) electrons. The van der Waals surface area contributed by atoms with E-state index in [4.69, 9.17) is 19.5 Å². The monoisotopic (exact) mass is 383 g/mol. The minimum absolute atomic E-state index is 0.174. The third-order valence-electron chi connectivity index (χ3n) is 3.75. The van der Waals surface area contributed by atoms with Crippen LogP contribution in [0.2, 0.25) is 0 Å². The predicted octanol–water partition coefficient (Wildman–Crippen LogP) is 1.73. The van der Waals surface area contributed by atoms with E-state index in [-0.39, 0.29) is 18.9 Å². The number of carbonyl (C=O) groups excluding carboxylic acids is 2. The number of aryl methyl sites for hydroxylation is 1. The molecule has 2 amide bonds. The van der Waals surface area contributed by atoms with Crippen molar-refractivity contribution in [3.63, 3.8) is 0 Å². The highest BCUT2D eigenvalue weighted by Gasteiger charge is 2.08. The average Bonchev–Trinajstić information content (AvgIpc) is 2.74. The van der Waals surface area contributed by atoms with Gasteiger partial charge >= 0.3 is 0 Å². The van der Waals surface area contributed by atoms with E-state index < -0.39 is 5.91 Å². The van der Waals surface area contributed by atoms with E-state index in [1.54, 1.807) is 44.6 Å². The van der Waals surface area contributed by atoms with Crippen molar-refractivity contribution in [2.45, 2.75) is 12.8 Å². The molecule has 0 bridgehead atoms. The second kappa shape index (κ2) is 10.4. The predicted molar refractivity (Wildman–Crippen MR) is 101 cm³/mol. The zero-order chi connectivity index (χ0) is 20.4. The number of carbonyl (C=O) groups is 2. The lowest BCUT2D eigenvalue weighted by atomic mass is 10.1. The molecule has 2 aromatic rings. The van der Waals surface area contributed by atoms with Crippen molar-refractivity contribution in [2.24, 2.45) is 0 Å². The van der Waals surface area contributed by atoms with E-state index >= 15 is 0 Å². The lowest BCUT2D eigenvalue weighted by molar-refractivity contribution is -0.130. The lowest BCUT2D eigenvalue weighted by Gasteiger charge is -2.10. The largest absolute Gasteiger partial charge is 0.497 e. The fraction of sp³-hybridized carbons (Fsp3) is 0.250. The summed E-state index contributed by atoms with van der Waals surface area (Å²) in [4.78, 5) is 23.7. The van der Waals surface area contributed by atoms with E-state index in [0.29, 0.717) is 29.2 Å².